The number of ether oxygens (including phenoxy) is 2. The Kier molecular flexibility index (Phi) is 8.67. The van der Waals surface area contributed by atoms with Gasteiger partial charge in [-0.25, -0.2) is 4.79 Å². The van der Waals surface area contributed by atoms with Crippen molar-refractivity contribution in [1.29, 1.82) is 0 Å². The smallest absolute Gasteiger partial charge is 0.344 e. The monoisotopic (exact) mass is 421 g/mol. The highest BCUT2D eigenvalue weighted by atomic mass is 35.5. The molecular weight excluding hydrogens is 398 g/mol. The first kappa shape index (κ1) is 22.1. The van der Waals surface area contributed by atoms with Crippen LogP contribution in [0, 0.1) is 20.8 Å². The molecule has 0 fully saturated rings. The van der Waals surface area contributed by atoms with Gasteiger partial charge in [-0.3, -0.25) is 4.79 Å². The maximum absolute atomic E-state index is 11.8. The highest BCUT2D eigenvalue weighted by Gasteiger charge is 2.11. The van der Waals surface area contributed by atoms with Crippen LogP contribution in [-0.2, 0) is 14.3 Å². The number of thioether (sulfide) groups is 1. The van der Waals surface area contributed by atoms with E-state index in [1.54, 1.807) is 11.8 Å². The Morgan fingerprint density at radius 2 is 1.68 bits per heavy atom. The normalized spacial score (nSPS) is 10.4. The van der Waals surface area contributed by atoms with Crippen molar-refractivity contribution in [3.05, 3.63) is 58.1 Å². The zero-order valence-corrected chi connectivity index (χ0v) is 17.8. The van der Waals surface area contributed by atoms with Gasteiger partial charge in [-0.2, -0.15) is 0 Å². The predicted octanol–water partition coefficient (Wildman–Crippen LogP) is 4.10. The Labute approximate surface area is 174 Å². The average molecular weight is 422 g/mol. The maximum Gasteiger partial charge on any atom is 0.344 e. The molecule has 2 aromatic rings. The van der Waals surface area contributed by atoms with Crippen LogP contribution in [0.4, 0.5) is 0 Å². The lowest BCUT2D eigenvalue weighted by molar-refractivity contribution is -0.150. The van der Waals surface area contributed by atoms with Crippen molar-refractivity contribution in [2.24, 2.45) is 0 Å². The van der Waals surface area contributed by atoms with Gasteiger partial charge in [0.25, 0.3) is 5.91 Å². The van der Waals surface area contributed by atoms with Crippen LogP contribution in [0.15, 0.2) is 41.3 Å². The summed E-state index contributed by atoms with van der Waals surface area (Å²) in [7, 11) is 0. The first-order valence-electron chi connectivity index (χ1n) is 8.86. The van der Waals surface area contributed by atoms with E-state index in [0.717, 1.165) is 21.6 Å². The van der Waals surface area contributed by atoms with Crippen molar-refractivity contribution >= 4 is 35.2 Å². The molecule has 28 heavy (non-hydrogen) atoms. The minimum Gasteiger partial charge on any atom is -0.481 e. The lowest BCUT2D eigenvalue weighted by Gasteiger charge is -2.12. The van der Waals surface area contributed by atoms with Gasteiger partial charge in [0.15, 0.2) is 13.2 Å². The first-order chi connectivity index (χ1) is 13.3. The summed E-state index contributed by atoms with van der Waals surface area (Å²) in [5.41, 5.74) is 3.05. The minimum absolute atomic E-state index is 0.232. The number of esters is 1. The molecular formula is C21H24ClNO4S. The molecule has 0 aromatic heterocycles. The molecule has 0 saturated heterocycles. The molecule has 150 valence electrons. The molecule has 0 radical (unpaired) electrons. The quantitative estimate of drug-likeness (QED) is 0.375. The van der Waals surface area contributed by atoms with Gasteiger partial charge in [-0.05, 0) is 56.2 Å². The summed E-state index contributed by atoms with van der Waals surface area (Å²) in [5.74, 6) is 0.459. The Balaban J connectivity index is 1.63. The summed E-state index contributed by atoms with van der Waals surface area (Å²) in [6, 6.07) is 11.5. The third-order valence-corrected chi connectivity index (χ3v) is 5.08. The van der Waals surface area contributed by atoms with Gasteiger partial charge in [0, 0.05) is 22.2 Å². The van der Waals surface area contributed by atoms with Crippen LogP contribution in [0.5, 0.6) is 5.75 Å². The topological polar surface area (TPSA) is 64.6 Å². The van der Waals surface area contributed by atoms with Crippen LogP contribution in [0.2, 0.25) is 5.02 Å². The first-order valence-corrected chi connectivity index (χ1v) is 10.2. The van der Waals surface area contributed by atoms with Gasteiger partial charge in [-0.15, -0.1) is 11.8 Å². The average Bonchev–Trinajstić information content (AvgIpc) is 2.64. The molecule has 2 aromatic carbocycles. The fraction of sp³-hybridized carbons (Fsp3) is 0.333. The Bertz CT molecular complexity index is 801. The van der Waals surface area contributed by atoms with E-state index in [4.69, 9.17) is 21.1 Å². The molecule has 0 unspecified atom stereocenters. The zero-order chi connectivity index (χ0) is 20.5. The summed E-state index contributed by atoms with van der Waals surface area (Å²) < 4.78 is 10.5. The molecule has 0 bridgehead atoms. The fourth-order valence-corrected chi connectivity index (χ4v) is 3.55. The van der Waals surface area contributed by atoms with E-state index < -0.39 is 5.97 Å². The summed E-state index contributed by atoms with van der Waals surface area (Å²) in [4.78, 5) is 24.7. The van der Waals surface area contributed by atoms with E-state index in [1.165, 1.54) is 0 Å². The van der Waals surface area contributed by atoms with Gasteiger partial charge < -0.3 is 14.8 Å². The third kappa shape index (κ3) is 7.44. The maximum atomic E-state index is 11.8. The number of halogens is 1. The Morgan fingerprint density at radius 3 is 2.32 bits per heavy atom. The molecule has 0 spiro atoms. The number of rotatable bonds is 9. The van der Waals surface area contributed by atoms with Gasteiger partial charge in [0.2, 0.25) is 0 Å². The van der Waals surface area contributed by atoms with Crippen LogP contribution in [0.3, 0.4) is 0 Å². The van der Waals surface area contributed by atoms with Crippen molar-refractivity contribution in [1.82, 2.24) is 5.32 Å². The Morgan fingerprint density at radius 1 is 1.04 bits per heavy atom. The number of benzene rings is 2. The second-order valence-corrected chi connectivity index (χ2v) is 7.93. The third-order valence-electron chi connectivity index (χ3n) is 3.81. The van der Waals surface area contributed by atoms with Gasteiger partial charge >= 0.3 is 5.97 Å². The number of aryl methyl sites for hydroxylation is 3. The lowest BCUT2D eigenvalue weighted by Crippen LogP contribution is -2.31. The highest BCUT2D eigenvalue weighted by molar-refractivity contribution is 7.99. The molecule has 0 aliphatic carbocycles. The van der Waals surface area contributed by atoms with Crippen LogP contribution in [0.1, 0.15) is 16.7 Å². The van der Waals surface area contributed by atoms with Gasteiger partial charge in [0.05, 0.1) is 0 Å². The van der Waals surface area contributed by atoms with Crippen LogP contribution in [-0.4, -0.2) is 37.4 Å². The van der Waals surface area contributed by atoms with Crippen molar-refractivity contribution < 1.29 is 19.1 Å². The number of amides is 1. The SMILES string of the molecule is Cc1cc(C)c(OCC(=O)OCC(=O)NCCSc2ccc(Cl)cc2)c(C)c1. The van der Waals surface area contributed by atoms with Crippen molar-refractivity contribution in [2.75, 3.05) is 25.5 Å². The largest absolute Gasteiger partial charge is 0.481 e. The van der Waals surface area contributed by atoms with E-state index in [9.17, 15) is 9.59 Å². The Hall–Kier alpha value is -2.18. The van der Waals surface area contributed by atoms with E-state index in [1.807, 2.05) is 57.2 Å². The van der Waals surface area contributed by atoms with Gasteiger partial charge in [0.1, 0.15) is 5.75 Å². The molecule has 0 saturated carbocycles. The molecule has 1 amide bonds. The molecule has 0 aliphatic rings. The molecule has 0 atom stereocenters. The summed E-state index contributed by atoms with van der Waals surface area (Å²) in [5, 5.41) is 3.40. The van der Waals surface area contributed by atoms with Crippen molar-refractivity contribution in [3.8, 4) is 5.75 Å². The molecule has 2 rings (SSSR count). The summed E-state index contributed by atoms with van der Waals surface area (Å²) in [6.07, 6.45) is 0. The second-order valence-electron chi connectivity index (χ2n) is 6.33. The zero-order valence-electron chi connectivity index (χ0n) is 16.2. The summed E-state index contributed by atoms with van der Waals surface area (Å²) in [6.45, 7) is 5.78. The fourth-order valence-electron chi connectivity index (χ4n) is 2.65. The number of carbonyl (C=O) groups excluding carboxylic acids is 2. The molecule has 5 nitrogen and oxygen atoms in total. The van der Waals surface area contributed by atoms with Gasteiger partial charge in [-0.1, -0.05) is 29.3 Å². The predicted molar refractivity (Wildman–Crippen MR) is 112 cm³/mol. The lowest BCUT2D eigenvalue weighted by atomic mass is 10.1. The minimum atomic E-state index is -0.579. The van der Waals surface area contributed by atoms with E-state index >= 15 is 0 Å². The van der Waals surface area contributed by atoms with Crippen molar-refractivity contribution in [3.63, 3.8) is 0 Å². The molecule has 7 heteroatoms. The number of nitrogens with one attached hydrogen (secondary N) is 1. The summed E-state index contributed by atoms with van der Waals surface area (Å²) >= 11 is 7.44. The van der Waals surface area contributed by atoms with Crippen LogP contribution >= 0.6 is 23.4 Å². The van der Waals surface area contributed by atoms with E-state index in [0.29, 0.717) is 23.1 Å². The number of hydrogen-bond acceptors (Lipinski definition) is 5. The second kappa shape index (κ2) is 11.0. The number of carbonyl (C=O) groups is 2. The van der Waals surface area contributed by atoms with Crippen molar-refractivity contribution in [2.45, 2.75) is 25.7 Å². The standard InChI is InChI=1S/C21H24ClNO4S/c1-14-10-15(2)21(16(3)11-14)27-13-20(25)26-12-19(24)23-8-9-28-18-6-4-17(22)5-7-18/h4-7,10-11H,8-9,12-13H2,1-3H3,(H,23,24). The molecule has 0 heterocycles. The molecule has 0 aliphatic heterocycles. The molecule has 1 N–H and O–H groups in total. The van der Waals surface area contributed by atoms with E-state index in [-0.39, 0.29) is 19.1 Å². The van der Waals surface area contributed by atoms with Crippen LogP contribution < -0.4 is 10.1 Å². The van der Waals surface area contributed by atoms with Crippen LogP contribution in [0.25, 0.3) is 0 Å². The highest BCUT2D eigenvalue weighted by Crippen LogP contribution is 2.24. The number of hydrogen-bond donors (Lipinski definition) is 1. The van der Waals surface area contributed by atoms with E-state index in [2.05, 4.69) is 5.32 Å².